The number of carbonyl (C=O) groups is 1. The fraction of sp³-hybridized carbons (Fsp3) is 0.833. The molecule has 1 heterocycles. The summed E-state index contributed by atoms with van der Waals surface area (Å²) in [5.41, 5.74) is 5.10. The molecule has 4 heteroatoms. The molecule has 0 aromatic carbocycles. The standard InChI is InChI=1S/C6H12N3O/c1-4-5(6(7)10)9-3-2-8-4/h4-5,9H,2-3H2,1H3,(H2,7,10). The number of carbonyl (C=O) groups excluding carboxylic acids is 1. The Hall–Kier alpha value is -0.610. The Balaban J connectivity index is 2.47. The number of amides is 1. The smallest absolute Gasteiger partial charge is 0.236 e. The SMILES string of the molecule is CC1[N]CCNC1C(N)=O. The number of hydrogen-bond donors (Lipinski definition) is 2. The average Bonchev–Trinajstić information content (AvgIpc) is 1.88. The molecule has 1 saturated heterocycles. The Morgan fingerprint density at radius 2 is 2.50 bits per heavy atom. The lowest BCUT2D eigenvalue weighted by atomic mass is 10.1. The predicted molar refractivity (Wildman–Crippen MR) is 37.4 cm³/mol. The molecule has 1 aliphatic heterocycles. The molecule has 0 spiro atoms. The first-order valence-electron chi connectivity index (χ1n) is 3.41. The van der Waals surface area contributed by atoms with Crippen molar-refractivity contribution in [1.82, 2.24) is 10.6 Å². The molecule has 4 nitrogen and oxygen atoms in total. The van der Waals surface area contributed by atoms with Gasteiger partial charge in [-0.1, -0.05) is 0 Å². The molecule has 1 aliphatic rings. The summed E-state index contributed by atoms with van der Waals surface area (Å²) in [6, 6.07) is -0.222. The molecule has 2 unspecified atom stereocenters. The van der Waals surface area contributed by atoms with Crippen LogP contribution in [0.2, 0.25) is 0 Å². The third-order valence-electron chi connectivity index (χ3n) is 1.68. The van der Waals surface area contributed by atoms with E-state index in [1.165, 1.54) is 0 Å². The Labute approximate surface area is 60.2 Å². The lowest BCUT2D eigenvalue weighted by molar-refractivity contribution is -0.120. The van der Waals surface area contributed by atoms with E-state index in [-0.39, 0.29) is 18.0 Å². The topological polar surface area (TPSA) is 69.2 Å². The summed E-state index contributed by atoms with van der Waals surface area (Å²) >= 11 is 0. The van der Waals surface area contributed by atoms with Crippen LogP contribution in [0.15, 0.2) is 0 Å². The van der Waals surface area contributed by atoms with Crippen LogP contribution >= 0.6 is 0 Å². The van der Waals surface area contributed by atoms with Crippen LogP contribution in [0.5, 0.6) is 0 Å². The minimum Gasteiger partial charge on any atom is -0.368 e. The van der Waals surface area contributed by atoms with Gasteiger partial charge in [0.15, 0.2) is 0 Å². The second-order valence-electron chi connectivity index (χ2n) is 2.48. The van der Waals surface area contributed by atoms with Gasteiger partial charge in [-0.05, 0) is 6.92 Å². The highest BCUT2D eigenvalue weighted by Gasteiger charge is 2.25. The molecule has 1 radical (unpaired) electrons. The van der Waals surface area contributed by atoms with Gasteiger partial charge in [-0.3, -0.25) is 4.79 Å². The third-order valence-corrected chi connectivity index (χ3v) is 1.68. The van der Waals surface area contributed by atoms with Gasteiger partial charge < -0.3 is 11.1 Å². The first-order valence-corrected chi connectivity index (χ1v) is 3.41. The van der Waals surface area contributed by atoms with Gasteiger partial charge in [0.05, 0.1) is 0 Å². The van der Waals surface area contributed by atoms with E-state index >= 15 is 0 Å². The van der Waals surface area contributed by atoms with E-state index < -0.39 is 0 Å². The maximum absolute atomic E-state index is 10.7. The summed E-state index contributed by atoms with van der Waals surface area (Å²) in [5, 5.41) is 7.17. The first-order chi connectivity index (χ1) is 4.72. The monoisotopic (exact) mass is 142 g/mol. The number of rotatable bonds is 1. The highest BCUT2D eigenvalue weighted by Crippen LogP contribution is 1.97. The van der Waals surface area contributed by atoms with E-state index in [4.69, 9.17) is 5.73 Å². The van der Waals surface area contributed by atoms with Crippen LogP contribution in [0.4, 0.5) is 0 Å². The van der Waals surface area contributed by atoms with Crippen molar-refractivity contribution >= 4 is 5.91 Å². The minimum atomic E-state index is -0.309. The summed E-state index contributed by atoms with van der Waals surface area (Å²) in [6.45, 7) is 3.44. The van der Waals surface area contributed by atoms with Crippen LogP contribution < -0.4 is 16.4 Å². The molecular weight excluding hydrogens is 130 g/mol. The largest absolute Gasteiger partial charge is 0.368 e. The zero-order valence-electron chi connectivity index (χ0n) is 6.00. The van der Waals surface area contributed by atoms with Gasteiger partial charge in [0.2, 0.25) is 5.91 Å². The van der Waals surface area contributed by atoms with Gasteiger partial charge in [-0.15, -0.1) is 0 Å². The molecule has 1 rings (SSSR count). The average molecular weight is 142 g/mol. The lowest BCUT2D eigenvalue weighted by Gasteiger charge is -2.26. The van der Waals surface area contributed by atoms with E-state index in [2.05, 4.69) is 10.6 Å². The van der Waals surface area contributed by atoms with Crippen molar-refractivity contribution in [2.45, 2.75) is 19.0 Å². The first kappa shape index (κ1) is 7.50. The van der Waals surface area contributed by atoms with Crippen LogP contribution in [-0.2, 0) is 4.79 Å². The van der Waals surface area contributed by atoms with Gasteiger partial charge in [0, 0.05) is 19.1 Å². The quantitative estimate of drug-likeness (QED) is 0.464. The molecule has 57 valence electrons. The molecule has 0 aromatic heterocycles. The maximum atomic E-state index is 10.7. The number of piperazine rings is 1. The van der Waals surface area contributed by atoms with Crippen molar-refractivity contribution in [3.8, 4) is 0 Å². The molecule has 1 fully saturated rings. The van der Waals surface area contributed by atoms with Crippen LogP contribution in [0, 0.1) is 0 Å². The summed E-state index contributed by atoms with van der Waals surface area (Å²) in [6.07, 6.45) is 0. The maximum Gasteiger partial charge on any atom is 0.236 e. The van der Waals surface area contributed by atoms with Crippen molar-refractivity contribution in [2.75, 3.05) is 13.1 Å². The van der Waals surface area contributed by atoms with Gasteiger partial charge in [0.25, 0.3) is 0 Å². The molecule has 2 atom stereocenters. The second-order valence-corrected chi connectivity index (χ2v) is 2.48. The number of nitrogens with two attached hydrogens (primary N) is 1. The van der Waals surface area contributed by atoms with Crippen molar-refractivity contribution in [1.29, 1.82) is 0 Å². The van der Waals surface area contributed by atoms with E-state index in [1.807, 2.05) is 6.92 Å². The molecule has 0 aliphatic carbocycles. The third kappa shape index (κ3) is 1.46. The van der Waals surface area contributed by atoms with E-state index in [1.54, 1.807) is 0 Å². The summed E-state index contributed by atoms with van der Waals surface area (Å²) in [7, 11) is 0. The van der Waals surface area contributed by atoms with E-state index in [0.29, 0.717) is 0 Å². The van der Waals surface area contributed by atoms with Crippen LogP contribution in [-0.4, -0.2) is 31.1 Å². The number of nitrogens with zero attached hydrogens (tertiary/aromatic N) is 1. The van der Waals surface area contributed by atoms with E-state index in [0.717, 1.165) is 13.1 Å². The molecular formula is C6H12N3O. The molecule has 3 N–H and O–H groups in total. The van der Waals surface area contributed by atoms with E-state index in [9.17, 15) is 4.79 Å². The minimum absolute atomic E-state index is 0.0336. The second kappa shape index (κ2) is 2.98. The van der Waals surface area contributed by atoms with Gasteiger partial charge in [-0.25, -0.2) is 5.32 Å². The van der Waals surface area contributed by atoms with Crippen LogP contribution in [0.1, 0.15) is 6.92 Å². The zero-order chi connectivity index (χ0) is 7.56. The molecule has 0 saturated carbocycles. The van der Waals surface area contributed by atoms with Gasteiger partial charge in [-0.2, -0.15) is 0 Å². The van der Waals surface area contributed by atoms with Crippen LogP contribution in [0.25, 0.3) is 0 Å². The summed E-state index contributed by atoms with van der Waals surface area (Å²) in [5.74, 6) is -0.309. The zero-order valence-corrected chi connectivity index (χ0v) is 6.00. The van der Waals surface area contributed by atoms with Gasteiger partial charge in [0.1, 0.15) is 6.04 Å². The van der Waals surface area contributed by atoms with Crippen molar-refractivity contribution in [3.05, 3.63) is 0 Å². The number of nitrogens with one attached hydrogen (secondary N) is 1. The highest BCUT2D eigenvalue weighted by atomic mass is 16.1. The Morgan fingerprint density at radius 3 is 2.90 bits per heavy atom. The van der Waals surface area contributed by atoms with Crippen molar-refractivity contribution in [3.63, 3.8) is 0 Å². The Morgan fingerprint density at radius 1 is 1.80 bits per heavy atom. The molecule has 0 aromatic rings. The van der Waals surface area contributed by atoms with Gasteiger partial charge >= 0.3 is 0 Å². The predicted octanol–water partition coefficient (Wildman–Crippen LogP) is -1.56. The number of hydrogen-bond acceptors (Lipinski definition) is 2. The summed E-state index contributed by atoms with van der Waals surface area (Å²) in [4.78, 5) is 10.7. The molecule has 0 bridgehead atoms. The van der Waals surface area contributed by atoms with Crippen molar-refractivity contribution < 1.29 is 4.79 Å². The Bertz CT molecular complexity index is 137. The van der Waals surface area contributed by atoms with Crippen LogP contribution in [0.3, 0.4) is 0 Å². The van der Waals surface area contributed by atoms with Crippen molar-refractivity contribution in [2.24, 2.45) is 5.73 Å². The molecule has 1 amide bonds. The number of primary amides is 1. The molecule has 10 heavy (non-hydrogen) atoms. The fourth-order valence-electron chi connectivity index (χ4n) is 1.10. The summed E-state index contributed by atoms with van der Waals surface area (Å²) < 4.78 is 0. The highest BCUT2D eigenvalue weighted by molar-refractivity contribution is 5.80. The fourth-order valence-corrected chi connectivity index (χ4v) is 1.10. The normalized spacial score (nSPS) is 33.7. The lowest BCUT2D eigenvalue weighted by Crippen LogP contribution is -2.57. The Kier molecular flexibility index (Phi) is 2.24.